The van der Waals surface area contributed by atoms with Crippen LogP contribution in [0.2, 0.25) is 0 Å². The van der Waals surface area contributed by atoms with E-state index in [4.69, 9.17) is 4.74 Å². The Morgan fingerprint density at radius 2 is 1.90 bits per heavy atom. The Morgan fingerprint density at radius 3 is 2.38 bits per heavy atom. The second-order valence-electron chi connectivity index (χ2n) is 7.50. The van der Waals surface area contributed by atoms with Gasteiger partial charge in [0.05, 0.1) is 5.54 Å². The van der Waals surface area contributed by atoms with Gasteiger partial charge in [0.2, 0.25) is 5.90 Å². The van der Waals surface area contributed by atoms with Crippen LogP contribution >= 0.6 is 0 Å². The normalized spacial score (nSPS) is 19.0. The van der Waals surface area contributed by atoms with E-state index >= 15 is 0 Å². The number of hydrogen-bond acceptors (Lipinski definition) is 2. The summed E-state index contributed by atoms with van der Waals surface area (Å²) >= 11 is 0. The topological polar surface area (TPSA) is 21.6 Å². The van der Waals surface area contributed by atoms with E-state index in [9.17, 15) is 0 Å². The minimum absolute atomic E-state index is 0.124. The number of unbranched alkanes of at least 4 members (excludes halogenated alkanes) is 1. The van der Waals surface area contributed by atoms with Crippen LogP contribution < -0.4 is 0 Å². The summed E-state index contributed by atoms with van der Waals surface area (Å²) in [7, 11) is 0. The van der Waals surface area contributed by atoms with Crippen LogP contribution in [0.25, 0.3) is 0 Å². The van der Waals surface area contributed by atoms with Crippen molar-refractivity contribution in [1.29, 1.82) is 0 Å². The second-order valence-corrected chi connectivity index (χ2v) is 7.50. The van der Waals surface area contributed by atoms with Crippen molar-refractivity contribution in [3.05, 3.63) is 28.5 Å². The highest BCUT2D eigenvalue weighted by atomic mass is 16.5. The van der Waals surface area contributed by atoms with Crippen LogP contribution in [0.15, 0.2) is 33.5 Å². The fourth-order valence-electron chi connectivity index (χ4n) is 2.40. The first-order valence-electron chi connectivity index (χ1n) is 7.99. The maximum atomic E-state index is 6.07. The second kappa shape index (κ2) is 6.66. The first kappa shape index (κ1) is 17.8. The molecule has 0 unspecified atom stereocenters. The maximum absolute atomic E-state index is 6.07. The lowest BCUT2D eigenvalue weighted by atomic mass is 9.89. The number of ether oxygens (including phenoxy) is 1. The molecule has 0 aromatic rings. The molecule has 0 radical (unpaired) electrons. The van der Waals surface area contributed by atoms with Gasteiger partial charge in [-0.3, -0.25) is 0 Å². The molecule has 0 aromatic heterocycles. The number of aliphatic imine (C=N–C) groups is 1. The van der Waals surface area contributed by atoms with E-state index in [2.05, 4.69) is 72.2 Å². The predicted molar refractivity (Wildman–Crippen MR) is 91.8 cm³/mol. The Bertz CT molecular complexity index is 502. The van der Waals surface area contributed by atoms with Crippen LogP contribution in [0, 0.1) is 0 Å². The lowest BCUT2D eigenvalue weighted by Gasteiger charge is -2.24. The lowest BCUT2D eigenvalue weighted by molar-refractivity contribution is 0.150. The Hall–Kier alpha value is -1.27. The molecule has 0 N–H and O–H groups in total. The van der Waals surface area contributed by atoms with E-state index in [1.165, 1.54) is 29.6 Å². The van der Waals surface area contributed by atoms with E-state index in [1.54, 1.807) is 0 Å². The summed E-state index contributed by atoms with van der Waals surface area (Å²) in [6.07, 6.45) is 5.51. The molecule has 1 aliphatic heterocycles. The Labute approximate surface area is 130 Å². The van der Waals surface area contributed by atoms with Crippen LogP contribution in [0.5, 0.6) is 0 Å². The van der Waals surface area contributed by atoms with Gasteiger partial charge in [0.25, 0.3) is 0 Å². The van der Waals surface area contributed by atoms with Gasteiger partial charge in [-0.05, 0) is 66.9 Å². The summed E-state index contributed by atoms with van der Waals surface area (Å²) in [5.74, 6) is 0.743. The van der Waals surface area contributed by atoms with Crippen LogP contribution in [0.1, 0.15) is 74.7 Å². The van der Waals surface area contributed by atoms with E-state index in [1.807, 2.05) is 0 Å². The van der Waals surface area contributed by atoms with Crippen LogP contribution in [-0.2, 0) is 4.74 Å². The highest BCUT2D eigenvalue weighted by molar-refractivity contribution is 5.93. The monoisotopic (exact) mass is 289 g/mol. The minimum Gasteiger partial charge on any atom is -0.467 e. The van der Waals surface area contributed by atoms with Gasteiger partial charge in [-0.25, -0.2) is 4.99 Å². The third-order valence-electron chi connectivity index (χ3n) is 3.23. The SMILES string of the molecule is CCCCC(=C=C(C)C)C1=CC(=NC(C)(C)C)OC1(C)C. The highest BCUT2D eigenvalue weighted by Gasteiger charge is 2.35. The Balaban J connectivity index is 3.26. The molecule has 2 heteroatoms. The molecule has 21 heavy (non-hydrogen) atoms. The summed E-state index contributed by atoms with van der Waals surface area (Å²) in [5, 5.41) is 0. The molecular weight excluding hydrogens is 258 g/mol. The van der Waals surface area contributed by atoms with Crippen molar-refractivity contribution in [3.63, 3.8) is 0 Å². The standard InChI is InChI=1S/C19H31NO/c1-9-10-11-15(12-14(2)3)16-13-17(20-18(4,5)6)21-19(16,7)8/h13H,9-11H2,1-8H3. The summed E-state index contributed by atoms with van der Waals surface area (Å²) in [6, 6.07) is 0. The molecule has 0 atom stereocenters. The van der Waals surface area contributed by atoms with Gasteiger partial charge < -0.3 is 4.74 Å². The van der Waals surface area contributed by atoms with Gasteiger partial charge in [0.15, 0.2) is 0 Å². The fourth-order valence-corrected chi connectivity index (χ4v) is 2.40. The average molecular weight is 289 g/mol. The molecule has 0 saturated carbocycles. The molecule has 1 rings (SSSR count). The summed E-state index contributed by atoms with van der Waals surface area (Å²) in [5.41, 5.74) is 6.77. The number of rotatable bonds is 4. The predicted octanol–water partition coefficient (Wildman–Crippen LogP) is 5.60. The van der Waals surface area contributed by atoms with E-state index in [0.717, 1.165) is 12.3 Å². The van der Waals surface area contributed by atoms with Crippen LogP contribution in [-0.4, -0.2) is 17.0 Å². The summed E-state index contributed by atoms with van der Waals surface area (Å²) < 4.78 is 6.07. The number of nitrogens with zero attached hydrogens (tertiary/aromatic N) is 1. The van der Waals surface area contributed by atoms with E-state index in [0.29, 0.717) is 0 Å². The van der Waals surface area contributed by atoms with Crippen LogP contribution in [0.4, 0.5) is 0 Å². The maximum Gasteiger partial charge on any atom is 0.210 e. The molecule has 0 spiro atoms. The smallest absolute Gasteiger partial charge is 0.210 e. The van der Waals surface area contributed by atoms with Gasteiger partial charge in [0.1, 0.15) is 5.60 Å². The molecular formula is C19H31NO. The molecule has 1 aliphatic rings. The Kier molecular flexibility index (Phi) is 5.64. The Morgan fingerprint density at radius 1 is 1.29 bits per heavy atom. The molecule has 0 amide bonds. The molecule has 0 bridgehead atoms. The zero-order valence-electron chi connectivity index (χ0n) is 15.1. The zero-order valence-corrected chi connectivity index (χ0v) is 15.1. The largest absolute Gasteiger partial charge is 0.467 e. The van der Waals surface area contributed by atoms with Crippen molar-refractivity contribution < 1.29 is 4.74 Å². The molecule has 0 aromatic carbocycles. The van der Waals surface area contributed by atoms with Gasteiger partial charge in [-0.2, -0.15) is 0 Å². The molecule has 0 fully saturated rings. The third-order valence-corrected chi connectivity index (χ3v) is 3.23. The van der Waals surface area contributed by atoms with Crippen molar-refractivity contribution in [2.75, 3.05) is 0 Å². The van der Waals surface area contributed by atoms with Gasteiger partial charge >= 0.3 is 0 Å². The summed E-state index contributed by atoms with van der Waals surface area (Å²) in [6.45, 7) is 16.9. The molecule has 118 valence electrons. The third kappa shape index (κ3) is 5.55. The fraction of sp³-hybridized carbons (Fsp3) is 0.684. The van der Waals surface area contributed by atoms with Crippen molar-refractivity contribution >= 4 is 5.90 Å². The first-order valence-corrected chi connectivity index (χ1v) is 7.99. The average Bonchev–Trinajstić information content (AvgIpc) is 2.56. The van der Waals surface area contributed by atoms with Crippen molar-refractivity contribution in [2.45, 2.75) is 85.8 Å². The van der Waals surface area contributed by atoms with E-state index in [-0.39, 0.29) is 11.1 Å². The van der Waals surface area contributed by atoms with Gasteiger partial charge in [-0.15, -0.1) is 5.73 Å². The van der Waals surface area contributed by atoms with E-state index < -0.39 is 0 Å². The molecule has 2 nitrogen and oxygen atoms in total. The quantitative estimate of drug-likeness (QED) is 0.617. The van der Waals surface area contributed by atoms with Crippen molar-refractivity contribution in [1.82, 2.24) is 0 Å². The van der Waals surface area contributed by atoms with Crippen molar-refractivity contribution in [3.8, 4) is 0 Å². The lowest BCUT2D eigenvalue weighted by Crippen LogP contribution is -2.25. The number of hydrogen-bond donors (Lipinski definition) is 0. The van der Waals surface area contributed by atoms with Crippen LogP contribution in [0.3, 0.4) is 0 Å². The summed E-state index contributed by atoms with van der Waals surface area (Å²) in [4.78, 5) is 4.67. The highest BCUT2D eigenvalue weighted by Crippen LogP contribution is 2.35. The first-order chi connectivity index (χ1) is 9.55. The molecule has 0 saturated heterocycles. The molecule has 1 heterocycles. The zero-order chi connectivity index (χ0) is 16.3. The van der Waals surface area contributed by atoms with Crippen molar-refractivity contribution in [2.24, 2.45) is 4.99 Å². The minimum atomic E-state index is -0.324. The van der Waals surface area contributed by atoms with Gasteiger partial charge in [0, 0.05) is 17.2 Å². The van der Waals surface area contributed by atoms with Gasteiger partial charge in [-0.1, -0.05) is 13.3 Å². The molecule has 0 aliphatic carbocycles.